The van der Waals surface area contributed by atoms with E-state index >= 15 is 0 Å². The molecule has 0 N–H and O–H groups in total. The highest BCUT2D eigenvalue weighted by molar-refractivity contribution is 5.89. The van der Waals surface area contributed by atoms with Gasteiger partial charge in [0.25, 0.3) is 0 Å². The third kappa shape index (κ3) is 2.83. The van der Waals surface area contributed by atoms with Crippen molar-refractivity contribution in [1.82, 2.24) is 0 Å². The molecule has 0 fully saturated rings. The van der Waals surface area contributed by atoms with Crippen LogP contribution in [0.1, 0.15) is 11.1 Å². The van der Waals surface area contributed by atoms with E-state index in [4.69, 9.17) is 4.74 Å². The molecule has 0 aliphatic carbocycles. The highest BCUT2D eigenvalue weighted by Gasteiger charge is 2.12. The Labute approximate surface area is 113 Å². The lowest BCUT2D eigenvalue weighted by Gasteiger charge is -2.26. The Morgan fingerprint density at radius 2 is 1.79 bits per heavy atom. The van der Waals surface area contributed by atoms with Gasteiger partial charge in [0.2, 0.25) is 0 Å². The van der Waals surface area contributed by atoms with Crippen LogP contribution in [0.25, 0.3) is 0 Å². The van der Waals surface area contributed by atoms with Crippen LogP contribution in [0.5, 0.6) is 0 Å². The second-order valence-electron chi connectivity index (χ2n) is 4.51. The maximum Gasteiger partial charge on any atom is 0.121 e. The Balaban J connectivity index is 1.61. The van der Waals surface area contributed by atoms with E-state index in [2.05, 4.69) is 34.2 Å². The van der Waals surface area contributed by atoms with Gasteiger partial charge >= 0.3 is 0 Å². The zero-order valence-corrected chi connectivity index (χ0v) is 10.7. The van der Waals surface area contributed by atoms with Crippen LogP contribution in [0.3, 0.4) is 0 Å². The summed E-state index contributed by atoms with van der Waals surface area (Å²) < 4.78 is 5.77. The lowest BCUT2D eigenvalue weighted by atomic mass is 10.1. The summed E-state index contributed by atoms with van der Waals surface area (Å²) in [6.07, 6.45) is 1.92. The fourth-order valence-electron chi connectivity index (χ4n) is 2.16. The molecule has 1 aliphatic rings. The van der Waals surface area contributed by atoms with Gasteiger partial charge in [-0.05, 0) is 11.6 Å². The van der Waals surface area contributed by atoms with Crippen molar-refractivity contribution in [1.29, 1.82) is 0 Å². The predicted molar refractivity (Wildman–Crippen MR) is 77.5 cm³/mol. The fraction of sp³-hybridized carbons (Fsp3) is 0.188. The molecule has 0 saturated carbocycles. The van der Waals surface area contributed by atoms with Gasteiger partial charge in [0, 0.05) is 17.5 Å². The summed E-state index contributed by atoms with van der Waals surface area (Å²) in [4.78, 5) is 6.48. The number of rotatable bonds is 4. The first-order valence-corrected chi connectivity index (χ1v) is 6.39. The predicted octanol–water partition coefficient (Wildman–Crippen LogP) is 3.06. The Morgan fingerprint density at radius 3 is 2.68 bits per heavy atom. The van der Waals surface area contributed by atoms with E-state index in [1.807, 2.05) is 36.5 Å². The lowest BCUT2D eigenvalue weighted by Crippen LogP contribution is -2.29. The van der Waals surface area contributed by atoms with E-state index in [1.165, 1.54) is 11.3 Å². The van der Waals surface area contributed by atoms with Gasteiger partial charge in [0.05, 0.1) is 6.61 Å². The van der Waals surface area contributed by atoms with Crippen molar-refractivity contribution >= 4 is 11.9 Å². The molecule has 0 unspecified atom stereocenters. The van der Waals surface area contributed by atoms with E-state index in [0.29, 0.717) is 20.0 Å². The van der Waals surface area contributed by atoms with Crippen LogP contribution < -0.4 is 4.90 Å². The molecule has 0 bridgehead atoms. The largest absolute Gasteiger partial charge is 0.356 e. The third-order valence-electron chi connectivity index (χ3n) is 3.12. The minimum Gasteiger partial charge on any atom is -0.356 e. The summed E-state index contributed by atoms with van der Waals surface area (Å²) >= 11 is 0. The fourth-order valence-corrected chi connectivity index (χ4v) is 2.16. The molecule has 0 spiro atoms. The first-order chi connectivity index (χ1) is 9.43. The number of benzene rings is 2. The van der Waals surface area contributed by atoms with Crippen LogP contribution in [0.4, 0.5) is 5.69 Å². The molecule has 19 heavy (non-hydrogen) atoms. The number of anilines is 1. The maximum absolute atomic E-state index is 5.77. The molecule has 2 aromatic carbocycles. The molecule has 0 radical (unpaired) electrons. The van der Waals surface area contributed by atoms with Crippen LogP contribution in [0.2, 0.25) is 0 Å². The monoisotopic (exact) mass is 252 g/mol. The van der Waals surface area contributed by atoms with Gasteiger partial charge in [-0.1, -0.05) is 48.5 Å². The Morgan fingerprint density at radius 1 is 1.00 bits per heavy atom. The summed E-state index contributed by atoms with van der Waals surface area (Å²) in [6, 6.07) is 18.5. The van der Waals surface area contributed by atoms with Crippen LogP contribution in [-0.2, 0) is 11.3 Å². The lowest BCUT2D eigenvalue weighted by molar-refractivity contribution is 0.121. The van der Waals surface area contributed by atoms with Crippen LogP contribution in [-0.4, -0.2) is 19.6 Å². The average molecular weight is 252 g/mol. The van der Waals surface area contributed by atoms with Crippen molar-refractivity contribution in [3.8, 4) is 0 Å². The summed E-state index contributed by atoms with van der Waals surface area (Å²) in [7, 11) is 0. The van der Waals surface area contributed by atoms with Crippen molar-refractivity contribution < 1.29 is 4.74 Å². The molecule has 2 aromatic rings. The second kappa shape index (κ2) is 5.67. The van der Waals surface area contributed by atoms with Gasteiger partial charge < -0.3 is 9.64 Å². The van der Waals surface area contributed by atoms with E-state index in [0.717, 1.165) is 5.56 Å². The first kappa shape index (κ1) is 11.9. The van der Waals surface area contributed by atoms with Gasteiger partial charge in [-0.2, -0.15) is 0 Å². The van der Waals surface area contributed by atoms with Gasteiger partial charge in [-0.3, -0.25) is 4.99 Å². The van der Waals surface area contributed by atoms with E-state index in [9.17, 15) is 0 Å². The summed E-state index contributed by atoms with van der Waals surface area (Å²) in [5.74, 6) is 0. The Kier molecular flexibility index (Phi) is 3.56. The van der Waals surface area contributed by atoms with Gasteiger partial charge in [-0.25, -0.2) is 0 Å². The molecule has 3 nitrogen and oxygen atoms in total. The first-order valence-electron chi connectivity index (χ1n) is 6.39. The van der Waals surface area contributed by atoms with Crippen molar-refractivity contribution in [3.05, 3.63) is 65.7 Å². The highest BCUT2D eigenvalue weighted by Crippen LogP contribution is 2.21. The molecule has 1 heterocycles. The SMILES string of the molecule is C1=NCN(COCc2ccccc2)c2ccccc21. The second-order valence-corrected chi connectivity index (χ2v) is 4.51. The molecule has 0 saturated heterocycles. The summed E-state index contributed by atoms with van der Waals surface area (Å²) in [6.45, 7) is 1.85. The van der Waals surface area contributed by atoms with Crippen LogP contribution in [0.15, 0.2) is 59.6 Å². The number of fused-ring (bicyclic) bond motifs is 1. The van der Waals surface area contributed by atoms with Crippen molar-refractivity contribution in [2.45, 2.75) is 6.61 Å². The topological polar surface area (TPSA) is 24.8 Å². The molecule has 0 atom stereocenters. The quantitative estimate of drug-likeness (QED) is 0.835. The molecular formula is C16H16N2O. The molecule has 3 rings (SSSR count). The Bertz CT molecular complexity index is 566. The van der Waals surface area contributed by atoms with Crippen molar-refractivity contribution in [2.75, 3.05) is 18.3 Å². The standard InChI is InChI=1S/C16H16N2O/c1-2-6-14(7-3-1)11-19-13-18-12-17-10-15-8-4-5-9-16(15)18/h1-10H,11-13H2. The van der Waals surface area contributed by atoms with E-state index in [1.54, 1.807) is 0 Å². The van der Waals surface area contributed by atoms with Crippen molar-refractivity contribution in [3.63, 3.8) is 0 Å². The molecule has 0 amide bonds. The minimum atomic E-state index is 0.559. The zero-order valence-electron chi connectivity index (χ0n) is 10.7. The number of hydrogen-bond acceptors (Lipinski definition) is 3. The summed E-state index contributed by atoms with van der Waals surface area (Å²) in [5, 5.41) is 0. The smallest absolute Gasteiger partial charge is 0.121 e. The van der Waals surface area contributed by atoms with Crippen LogP contribution >= 0.6 is 0 Å². The third-order valence-corrected chi connectivity index (χ3v) is 3.12. The number of aliphatic imine (C=N–C) groups is 1. The van der Waals surface area contributed by atoms with Gasteiger partial charge in [0.15, 0.2) is 0 Å². The zero-order chi connectivity index (χ0) is 12.9. The number of ether oxygens (including phenoxy) is 1. The maximum atomic E-state index is 5.77. The molecule has 0 aromatic heterocycles. The molecule has 3 heteroatoms. The number of hydrogen-bond donors (Lipinski definition) is 0. The highest BCUT2D eigenvalue weighted by atomic mass is 16.5. The van der Waals surface area contributed by atoms with E-state index in [-0.39, 0.29) is 0 Å². The molecular weight excluding hydrogens is 236 g/mol. The number of nitrogens with zero attached hydrogens (tertiary/aromatic N) is 2. The van der Waals surface area contributed by atoms with E-state index < -0.39 is 0 Å². The van der Waals surface area contributed by atoms with Gasteiger partial charge in [0.1, 0.15) is 13.4 Å². The molecule has 1 aliphatic heterocycles. The number of para-hydroxylation sites is 1. The normalized spacial score (nSPS) is 13.4. The van der Waals surface area contributed by atoms with Gasteiger partial charge in [-0.15, -0.1) is 0 Å². The van der Waals surface area contributed by atoms with Crippen LogP contribution in [0, 0.1) is 0 Å². The average Bonchev–Trinajstić information content (AvgIpc) is 2.49. The summed E-state index contributed by atoms with van der Waals surface area (Å²) in [5.41, 5.74) is 3.53. The molecule has 96 valence electrons. The van der Waals surface area contributed by atoms with Crippen molar-refractivity contribution in [2.24, 2.45) is 4.99 Å². The Hall–Kier alpha value is -2.13. The minimum absolute atomic E-state index is 0.559.